The van der Waals surface area contributed by atoms with Crippen LogP contribution in [0.4, 0.5) is 23.4 Å². The number of hydrogen-bond donors (Lipinski definition) is 3. The van der Waals surface area contributed by atoms with E-state index in [0.29, 0.717) is 25.0 Å². The van der Waals surface area contributed by atoms with Gasteiger partial charge in [0.05, 0.1) is 18.7 Å². The summed E-state index contributed by atoms with van der Waals surface area (Å²) >= 11 is 0. The number of aromatic amines is 1. The number of carboxylic acids is 1. The number of anilines is 1. The first-order chi connectivity index (χ1) is 20.6. The average Bonchev–Trinajstić information content (AvgIpc) is 3.43. The molecule has 2 aliphatic heterocycles. The molecule has 6 rings (SSSR count). The number of hydrogen-bond acceptors (Lipinski definition) is 7. The van der Waals surface area contributed by atoms with Crippen LogP contribution in [0.1, 0.15) is 29.9 Å². The lowest BCUT2D eigenvalue weighted by molar-refractivity contribution is -0.192. The zero-order valence-corrected chi connectivity index (χ0v) is 23.1. The zero-order chi connectivity index (χ0) is 30.6. The van der Waals surface area contributed by atoms with E-state index in [0.717, 1.165) is 73.5 Å². The predicted molar refractivity (Wildman–Crippen MR) is 151 cm³/mol. The number of morpholine rings is 1. The van der Waals surface area contributed by atoms with E-state index in [9.17, 15) is 22.7 Å². The first-order valence-corrected chi connectivity index (χ1v) is 13.9. The Balaban J connectivity index is 0.000000472. The summed E-state index contributed by atoms with van der Waals surface area (Å²) < 4.78 is 50.6. The minimum Gasteiger partial charge on any atom is -0.508 e. The van der Waals surface area contributed by atoms with Gasteiger partial charge in [-0.05, 0) is 67.2 Å². The van der Waals surface area contributed by atoms with Crippen LogP contribution in [-0.2, 0) is 16.1 Å². The van der Waals surface area contributed by atoms with Gasteiger partial charge in [0.1, 0.15) is 17.1 Å². The Hall–Kier alpha value is -4.23. The third-order valence-electron chi connectivity index (χ3n) is 7.54. The largest absolute Gasteiger partial charge is 0.508 e. The third kappa shape index (κ3) is 7.41. The molecule has 0 atom stereocenters. The van der Waals surface area contributed by atoms with Crippen LogP contribution in [0.3, 0.4) is 0 Å². The normalized spacial score (nSPS) is 16.6. The molecule has 2 aromatic carbocycles. The van der Waals surface area contributed by atoms with Crippen LogP contribution in [0.2, 0.25) is 0 Å². The second-order valence-corrected chi connectivity index (χ2v) is 10.5. The van der Waals surface area contributed by atoms with Crippen molar-refractivity contribution < 1.29 is 37.3 Å². The number of halogens is 4. The number of ether oxygens (including phenoxy) is 1. The van der Waals surface area contributed by atoms with Crippen molar-refractivity contribution in [3.05, 3.63) is 71.7 Å². The fourth-order valence-electron chi connectivity index (χ4n) is 5.35. The first-order valence-electron chi connectivity index (χ1n) is 13.9. The number of aromatic nitrogens is 3. The Morgan fingerprint density at radius 1 is 1.02 bits per heavy atom. The highest BCUT2D eigenvalue weighted by Crippen LogP contribution is 2.37. The summed E-state index contributed by atoms with van der Waals surface area (Å²) in [6.45, 7) is 5.71. The van der Waals surface area contributed by atoms with Gasteiger partial charge in [-0.15, -0.1) is 0 Å². The Bertz CT molecular complexity index is 1550. The number of nitrogens with zero attached hydrogens (tertiary/aromatic N) is 4. The molecule has 3 N–H and O–H groups in total. The molecule has 4 heterocycles. The minimum absolute atomic E-state index is 0.194. The van der Waals surface area contributed by atoms with Gasteiger partial charge in [-0.25, -0.2) is 19.2 Å². The van der Waals surface area contributed by atoms with Crippen molar-refractivity contribution in [2.24, 2.45) is 0 Å². The lowest BCUT2D eigenvalue weighted by atomic mass is 9.90. The number of H-pyrrole nitrogens is 1. The zero-order valence-electron chi connectivity index (χ0n) is 23.1. The van der Waals surface area contributed by atoms with Crippen molar-refractivity contribution in [3.8, 4) is 17.1 Å². The number of aliphatic carboxylic acids is 1. The minimum atomic E-state index is -5.08. The van der Waals surface area contributed by atoms with Gasteiger partial charge in [-0.1, -0.05) is 24.3 Å². The molecule has 2 aliphatic rings. The molecule has 0 unspecified atom stereocenters. The van der Waals surface area contributed by atoms with Gasteiger partial charge in [0.2, 0.25) is 0 Å². The highest BCUT2D eigenvalue weighted by molar-refractivity contribution is 5.91. The van der Waals surface area contributed by atoms with E-state index >= 15 is 0 Å². The number of alkyl halides is 3. The fourth-order valence-corrected chi connectivity index (χ4v) is 5.35. The van der Waals surface area contributed by atoms with Gasteiger partial charge >= 0.3 is 12.1 Å². The molecule has 0 bridgehead atoms. The summed E-state index contributed by atoms with van der Waals surface area (Å²) in [4.78, 5) is 27.0. The number of piperidine rings is 1. The summed E-state index contributed by atoms with van der Waals surface area (Å²) in [5.41, 5.74) is 5.09. The smallest absolute Gasteiger partial charge is 0.490 e. The van der Waals surface area contributed by atoms with Crippen molar-refractivity contribution in [1.82, 2.24) is 19.9 Å². The van der Waals surface area contributed by atoms with Crippen LogP contribution >= 0.6 is 0 Å². The highest BCUT2D eigenvalue weighted by Gasteiger charge is 2.38. The molecule has 228 valence electrons. The van der Waals surface area contributed by atoms with Crippen LogP contribution in [-0.4, -0.2) is 81.6 Å². The molecule has 0 radical (unpaired) electrons. The van der Waals surface area contributed by atoms with E-state index in [1.165, 1.54) is 17.7 Å². The molecule has 2 saturated heterocycles. The van der Waals surface area contributed by atoms with Crippen molar-refractivity contribution in [1.29, 1.82) is 0 Å². The van der Waals surface area contributed by atoms with Crippen LogP contribution in [0, 0.1) is 5.82 Å². The molecule has 0 spiro atoms. The number of carbonyl (C=O) groups is 1. The van der Waals surface area contributed by atoms with E-state index in [2.05, 4.69) is 21.0 Å². The molecule has 2 aromatic heterocycles. The number of likely N-dealkylation sites (tertiary alicyclic amines) is 1. The lowest BCUT2D eigenvalue weighted by Gasteiger charge is -2.32. The maximum atomic E-state index is 13.3. The maximum absolute atomic E-state index is 13.3. The fraction of sp³-hybridized carbons (Fsp3) is 0.367. The monoisotopic (exact) mass is 601 g/mol. The summed E-state index contributed by atoms with van der Waals surface area (Å²) in [5.74, 6) is -0.844. The molecule has 0 amide bonds. The Morgan fingerprint density at radius 3 is 2.33 bits per heavy atom. The van der Waals surface area contributed by atoms with Crippen molar-refractivity contribution >= 4 is 22.8 Å². The van der Waals surface area contributed by atoms with Crippen LogP contribution in [0.15, 0.2) is 54.7 Å². The number of fused-ring (bicyclic) bond motifs is 1. The Kier molecular flexibility index (Phi) is 9.11. The molecule has 9 nitrogen and oxygen atoms in total. The first kappa shape index (κ1) is 30.2. The molecule has 2 fully saturated rings. The molecule has 43 heavy (non-hydrogen) atoms. The van der Waals surface area contributed by atoms with Gasteiger partial charge in [-0.2, -0.15) is 13.2 Å². The molecular formula is C30H31F4N5O4. The van der Waals surface area contributed by atoms with Crippen LogP contribution in [0.25, 0.3) is 22.4 Å². The standard InChI is InChI=1S/C28H30FN5O2.C2HF3O2/c29-22-6-4-19(5-7-22)18-33-10-8-20(9-11-33)24-17-30-26-25(24)31-27(21-2-1-3-23(35)16-21)32-28(26)34-12-14-36-15-13-34;3-2(4,5)1(6)7/h1-7,16-17,20,30,35H,8-15,18H2;(H,6,7). The summed E-state index contributed by atoms with van der Waals surface area (Å²) in [5, 5.41) is 17.2. The Labute approximate surface area is 244 Å². The topological polar surface area (TPSA) is 115 Å². The van der Waals surface area contributed by atoms with Gasteiger partial charge in [0.15, 0.2) is 11.6 Å². The molecule has 13 heteroatoms. The number of benzene rings is 2. The van der Waals surface area contributed by atoms with Crippen LogP contribution < -0.4 is 4.90 Å². The number of carboxylic acid groups (broad SMARTS) is 1. The molecule has 4 aromatic rings. The second-order valence-electron chi connectivity index (χ2n) is 10.5. The number of nitrogens with one attached hydrogen (secondary N) is 1. The van der Waals surface area contributed by atoms with Gasteiger partial charge in [0, 0.05) is 31.4 Å². The maximum Gasteiger partial charge on any atom is 0.490 e. The molecular weight excluding hydrogens is 570 g/mol. The van der Waals surface area contributed by atoms with Crippen molar-refractivity contribution in [2.45, 2.75) is 31.5 Å². The van der Waals surface area contributed by atoms with Gasteiger partial charge < -0.3 is 24.8 Å². The van der Waals surface area contributed by atoms with E-state index in [-0.39, 0.29) is 11.6 Å². The third-order valence-corrected chi connectivity index (χ3v) is 7.54. The molecule has 0 saturated carbocycles. The highest BCUT2D eigenvalue weighted by atomic mass is 19.4. The predicted octanol–water partition coefficient (Wildman–Crippen LogP) is 5.32. The lowest BCUT2D eigenvalue weighted by Crippen LogP contribution is -2.37. The number of rotatable bonds is 5. The molecule has 0 aliphatic carbocycles. The van der Waals surface area contributed by atoms with E-state index in [1.807, 2.05) is 24.3 Å². The summed E-state index contributed by atoms with van der Waals surface area (Å²) in [6, 6.07) is 13.9. The van der Waals surface area contributed by atoms with Gasteiger partial charge in [-0.3, -0.25) is 4.90 Å². The number of phenols is 1. The van der Waals surface area contributed by atoms with E-state index in [4.69, 9.17) is 24.6 Å². The Morgan fingerprint density at radius 2 is 1.70 bits per heavy atom. The summed E-state index contributed by atoms with van der Waals surface area (Å²) in [6.07, 6.45) is -0.908. The van der Waals surface area contributed by atoms with E-state index < -0.39 is 12.1 Å². The van der Waals surface area contributed by atoms with E-state index in [1.54, 1.807) is 12.1 Å². The van der Waals surface area contributed by atoms with Gasteiger partial charge in [0.25, 0.3) is 0 Å². The van der Waals surface area contributed by atoms with Crippen molar-refractivity contribution in [3.63, 3.8) is 0 Å². The second kappa shape index (κ2) is 13.0. The summed E-state index contributed by atoms with van der Waals surface area (Å²) in [7, 11) is 0. The number of aromatic hydroxyl groups is 1. The number of phenolic OH excluding ortho intramolecular Hbond substituents is 1. The van der Waals surface area contributed by atoms with Crippen molar-refractivity contribution in [2.75, 3.05) is 44.3 Å². The quantitative estimate of drug-likeness (QED) is 0.264. The SMILES string of the molecule is O=C(O)C(F)(F)F.Oc1cccc(-c2nc(N3CCOCC3)c3[nH]cc(C4CCN(Cc5ccc(F)cc5)CC4)c3n2)c1. The van der Waals surface area contributed by atoms with Crippen LogP contribution in [0.5, 0.6) is 5.75 Å². The average molecular weight is 602 g/mol.